The molecule has 1 aromatic rings. The van der Waals surface area contributed by atoms with Crippen molar-refractivity contribution in [2.45, 2.75) is 31.4 Å². The fraction of sp³-hybridized carbons (Fsp3) is 0.462. The van der Waals surface area contributed by atoms with E-state index in [1.165, 1.54) is 6.42 Å². The maximum Gasteiger partial charge on any atom is 0.177 e. The number of hydrogen-bond donors (Lipinski definition) is 0. The number of halogens is 1. The van der Waals surface area contributed by atoms with E-state index in [0.717, 1.165) is 24.2 Å². The van der Waals surface area contributed by atoms with Gasteiger partial charge in [0.15, 0.2) is 5.78 Å². The highest BCUT2D eigenvalue weighted by atomic mass is 35.5. The molecular formula is C13H15ClOS. The Morgan fingerprint density at radius 2 is 2.25 bits per heavy atom. The molecule has 1 aliphatic rings. The van der Waals surface area contributed by atoms with E-state index in [0.29, 0.717) is 10.6 Å². The summed E-state index contributed by atoms with van der Waals surface area (Å²) in [5.74, 6) is 1.30. The summed E-state index contributed by atoms with van der Waals surface area (Å²) in [5, 5.41) is 0.713. The quantitative estimate of drug-likeness (QED) is 0.739. The lowest BCUT2D eigenvalue weighted by Crippen LogP contribution is -2.21. The van der Waals surface area contributed by atoms with Gasteiger partial charge in [-0.15, -0.1) is 0 Å². The van der Waals surface area contributed by atoms with E-state index in [9.17, 15) is 4.79 Å². The first-order chi connectivity index (χ1) is 7.68. The number of aryl methyl sites for hydroxylation is 1. The zero-order valence-electron chi connectivity index (χ0n) is 9.33. The van der Waals surface area contributed by atoms with Crippen molar-refractivity contribution >= 4 is 29.1 Å². The van der Waals surface area contributed by atoms with Crippen molar-refractivity contribution in [1.29, 1.82) is 0 Å². The fourth-order valence-corrected chi connectivity index (χ4v) is 3.54. The molecule has 1 atom stereocenters. The van der Waals surface area contributed by atoms with E-state index >= 15 is 0 Å². The Balaban J connectivity index is 2.19. The minimum absolute atomic E-state index is 0.119. The van der Waals surface area contributed by atoms with Gasteiger partial charge >= 0.3 is 0 Å². The Morgan fingerprint density at radius 1 is 1.44 bits per heavy atom. The predicted octanol–water partition coefficient (Wildman–Crippen LogP) is 4.12. The van der Waals surface area contributed by atoms with Crippen LogP contribution >= 0.6 is 23.4 Å². The summed E-state index contributed by atoms with van der Waals surface area (Å²) in [6, 6.07) is 5.67. The van der Waals surface area contributed by atoms with Crippen LogP contribution in [0, 0.1) is 6.92 Å². The van der Waals surface area contributed by atoms with Crippen molar-refractivity contribution < 1.29 is 4.79 Å². The van der Waals surface area contributed by atoms with Gasteiger partial charge in [0.2, 0.25) is 0 Å². The minimum atomic E-state index is 0.119. The van der Waals surface area contributed by atoms with E-state index in [-0.39, 0.29) is 11.0 Å². The van der Waals surface area contributed by atoms with Gasteiger partial charge in [-0.2, -0.15) is 11.8 Å². The highest BCUT2D eigenvalue weighted by Crippen LogP contribution is 2.30. The largest absolute Gasteiger partial charge is 0.293 e. The Hall–Kier alpha value is -0.470. The summed E-state index contributed by atoms with van der Waals surface area (Å²) in [5.41, 5.74) is 1.78. The van der Waals surface area contributed by atoms with Crippen LogP contribution in [0.5, 0.6) is 0 Å². The lowest BCUT2D eigenvalue weighted by molar-refractivity contribution is 0.0985. The van der Waals surface area contributed by atoms with Crippen molar-refractivity contribution in [3.63, 3.8) is 0 Å². The molecular weight excluding hydrogens is 240 g/mol. The van der Waals surface area contributed by atoms with E-state index < -0.39 is 0 Å². The second kappa shape index (κ2) is 5.24. The minimum Gasteiger partial charge on any atom is -0.293 e. The SMILES string of the molecule is Cc1ccc(C(=O)C2CCCCS2)c(Cl)c1. The molecule has 0 spiro atoms. The Kier molecular flexibility index (Phi) is 3.93. The average molecular weight is 255 g/mol. The Morgan fingerprint density at radius 3 is 2.88 bits per heavy atom. The molecule has 86 valence electrons. The third-order valence-electron chi connectivity index (χ3n) is 2.86. The zero-order chi connectivity index (χ0) is 11.5. The van der Waals surface area contributed by atoms with Crippen molar-refractivity contribution in [3.8, 4) is 0 Å². The molecule has 1 aliphatic heterocycles. The van der Waals surface area contributed by atoms with Crippen molar-refractivity contribution in [2.24, 2.45) is 0 Å². The first-order valence-corrected chi connectivity index (χ1v) is 7.03. The van der Waals surface area contributed by atoms with E-state index in [1.807, 2.05) is 25.1 Å². The molecule has 1 aromatic carbocycles. The molecule has 0 bridgehead atoms. The van der Waals surface area contributed by atoms with Gasteiger partial charge in [-0.1, -0.05) is 24.1 Å². The Bertz CT molecular complexity index is 397. The van der Waals surface area contributed by atoms with E-state index in [4.69, 9.17) is 11.6 Å². The average Bonchev–Trinajstić information content (AvgIpc) is 2.29. The summed E-state index contributed by atoms with van der Waals surface area (Å²) in [7, 11) is 0. The molecule has 1 nitrogen and oxygen atoms in total. The summed E-state index contributed by atoms with van der Waals surface area (Å²) >= 11 is 7.88. The molecule has 1 heterocycles. The van der Waals surface area contributed by atoms with Gasteiger partial charge in [0.25, 0.3) is 0 Å². The van der Waals surface area contributed by atoms with E-state index in [1.54, 1.807) is 11.8 Å². The van der Waals surface area contributed by atoms with Crippen LogP contribution in [0.1, 0.15) is 35.2 Å². The number of thioether (sulfide) groups is 1. The first kappa shape index (κ1) is 12.0. The summed E-state index contributed by atoms with van der Waals surface area (Å²) in [4.78, 5) is 12.2. The van der Waals surface area contributed by atoms with Crippen molar-refractivity contribution in [1.82, 2.24) is 0 Å². The van der Waals surface area contributed by atoms with Crippen LogP contribution in [0.25, 0.3) is 0 Å². The van der Waals surface area contributed by atoms with Gasteiger partial charge in [0.05, 0.1) is 10.3 Å². The molecule has 1 fully saturated rings. The number of benzene rings is 1. The lowest BCUT2D eigenvalue weighted by Gasteiger charge is -2.20. The van der Waals surface area contributed by atoms with Gasteiger partial charge in [-0.25, -0.2) is 0 Å². The second-order valence-corrected chi connectivity index (χ2v) is 5.92. The number of ketones is 1. The van der Waals surface area contributed by atoms with Gasteiger partial charge in [0, 0.05) is 5.56 Å². The van der Waals surface area contributed by atoms with Gasteiger partial charge < -0.3 is 0 Å². The second-order valence-electron chi connectivity index (χ2n) is 4.20. The number of Topliss-reactive ketones (excluding diaryl/α,β-unsaturated/α-hetero) is 1. The van der Waals surface area contributed by atoms with E-state index in [2.05, 4.69) is 0 Å². The van der Waals surface area contributed by atoms with Crippen LogP contribution in [0.2, 0.25) is 5.02 Å². The van der Waals surface area contributed by atoms with Crippen LogP contribution in [0.4, 0.5) is 0 Å². The molecule has 3 heteroatoms. The first-order valence-electron chi connectivity index (χ1n) is 5.60. The number of hydrogen-bond acceptors (Lipinski definition) is 2. The molecule has 1 saturated heterocycles. The fourth-order valence-electron chi connectivity index (χ4n) is 1.94. The molecule has 0 saturated carbocycles. The summed E-state index contributed by atoms with van der Waals surface area (Å²) < 4.78 is 0. The van der Waals surface area contributed by atoms with Crippen LogP contribution in [-0.4, -0.2) is 16.8 Å². The maximum atomic E-state index is 12.2. The van der Waals surface area contributed by atoms with Crippen molar-refractivity contribution in [2.75, 3.05) is 5.75 Å². The third-order valence-corrected chi connectivity index (χ3v) is 4.55. The highest BCUT2D eigenvalue weighted by molar-refractivity contribution is 8.00. The Labute approximate surface area is 106 Å². The number of carbonyl (C=O) groups is 1. The monoisotopic (exact) mass is 254 g/mol. The predicted molar refractivity (Wildman–Crippen MR) is 70.6 cm³/mol. The normalized spacial score (nSPS) is 20.8. The van der Waals surface area contributed by atoms with Crippen LogP contribution in [0.3, 0.4) is 0 Å². The van der Waals surface area contributed by atoms with Crippen LogP contribution in [-0.2, 0) is 0 Å². The molecule has 0 radical (unpaired) electrons. The van der Waals surface area contributed by atoms with Crippen molar-refractivity contribution in [3.05, 3.63) is 34.3 Å². The molecule has 2 rings (SSSR count). The van der Waals surface area contributed by atoms with Gasteiger partial charge in [-0.3, -0.25) is 4.79 Å². The lowest BCUT2D eigenvalue weighted by atomic mass is 10.0. The van der Waals surface area contributed by atoms with Gasteiger partial charge in [0.1, 0.15) is 0 Å². The molecule has 16 heavy (non-hydrogen) atoms. The standard InChI is InChI=1S/C13H15ClOS/c1-9-5-6-10(11(14)8-9)13(15)12-4-2-3-7-16-12/h5-6,8,12H,2-4,7H2,1H3. The summed E-state index contributed by atoms with van der Waals surface area (Å²) in [6.45, 7) is 1.98. The number of rotatable bonds is 2. The van der Waals surface area contributed by atoms with Crippen LogP contribution in [0.15, 0.2) is 18.2 Å². The topological polar surface area (TPSA) is 17.1 Å². The molecule has 0 N–H and O–H groups in total. The molecule has 0 aromatic heterocycles. The molecule has 0 amide bonds. The smallest absolute Gasteiger partial charge is 0.177 e. The van der Waals surface area contributed by atoms with Gasteiger partial charge in [-0.05, 0) is 43.2 Å². The van der Waals surface area contributed by atoms with Crippen LogP contribution < -0.4 is 0 Å². The summed E-state index contributed by atoms with van der Waals surface area (Å²) in [6.07, 6.45) is 3.39. The molecule has 0 aliphatic carbocycles. The number of carbonyl (C=O) groups excluding carboxylic acids is 1. The molecule has 1 unspecified atom stereocenters. The third kappa shape index (κ3) is 2.61. The maximum absolute atomic E-state index is 12.2. The zero-order valence-corrected chi connectivity index (χ0v) is 10.9. The highest BCUT2D eigenvalue weighted by Gasteiger charge is 2.24.